The first-order valence-electron chi connectivity index (χ1n) is 8.23. The summed E-state index contributed by atoms with van der Waals surface area (Å²) in [5, 5.41) is 22.0. The maximum Gasteiger partial charge on any atom is 0.352 e. The molecule has 1 fully saturated rings. The van der Waals surface area contributed by atoms with Crippen molar-refractivity contribution in [3.8, 4) is 0 Å². The number of nitrogens with one attached hydrogen (secondary N) is 1. The van der Waals surface area contributed by atoms with Crippen LogP contribution in [0.15, 0.2) is 30.0 Å². The lowest BCUT2D eigenvalue weighted by molar-refractivity contribution is -0.161. The van der Waals surface area contributed by atoms with Crippen molar-refractivity contribution in [1.29, 1.82) is 0 Å². The van der Waals surface area contributed by atoms with Gasteiger partial charge >= 0.3 is 5.97 Å². The highest BCUT2D eigenvalue weighted by atomic mass is 16.4. The van der Waals surface area contributed by atoms with Crippen LogP contribution < -0.4 is 5.32 Å². The fourth-order valence-corrected chi connectivity index (χ4v) is 3.61. The number of rotatable bonds is 5. The van der Waals surface area contributed by atoms with Crippen LogP contribution in [0.25, 0.3) is 5.57 Å². The topological polar surface area (TPSA) is 107 Å². The summed E-state index contributed by atoms with van der Waals surface area (Å²) in [7, 11) is 0. The van der Waals surface area contributed by atoms with Gasteiger partial charge in [-0.05, 0) is 43.5 Å². The predicted octanol–water partition coefficient (Wildman–Crippen LogP) is 0.843. The van der Waals surface area contributed by atoms with E-state index in [0.717, 1.165) is 0 Å². The van der Waals surface area contributed by atoms with Gasteiger partial charge in [0.05, 0.1) is 18.1 Å². The van der Waals surface area contributed by atoms with Gasteiger partial charge in [0.25, 0.3) is 5.91 Å². The Labute approximate surface area is 144 Å². The van der Waals surface area contributed by atoms with Crippen molar-refractivity contribution in [2.75, 3.05) is 6.54 Å². The zero-order valence-electron chi connectivity index (χ0n) is 14.0. The molecule has 2 aliphatic heterocycles. The molecule has 132 valence electrons. The molecule has 0 spiro atoms. The number of nitrogens with zero attached hydrogens (tertiary/aromatic N) is 1. The van der Waals surface area contributed by atoms with Gasteiger partial charge in [0.1, 0.15) is 5.70 Å². The molecule has 0 radical (unpaired) electrons. The van der Waals surface area contributed by atoms with Gasteiger partial charge in [-0.3, -0.25) is 9.59 Å². The van der Waals surface area contributed by atoms with Gasteiger partial charge in [0, 0.05) is 12.1 Å². The van der Waals surface area contributed by atoms with Crippen LogP contribution in [-0.4, -0.2) is 51.6 Å². The van der Waals surface area contributed by atoms with E-state index in [1.807, 2.05) is 6.92 Å². The van der Waals surface area contributed by atoms with Crippen LogP contribution in [0.3, 0.4) is 0 Å². The molecule has 3 N–H and O–H groups in total. The van der Waals surface area contributed by atoms with Crippen molar-refractivity contribution in [1.82, 2.24) is 10.2 Å². The van der Waals surface area contributed by atoms with Crippen molar-refractivity contribution < 1.29 is 24.6 Å². The van der Waals surface area contributed by atoms with E-state index in [1.165, 1.54) is 4.90 Å². The summed E-state index contributed by atoms with van der Waals surface area (Å²) in [5.74, 6) is -2.28. The van der Waals surface area contributed by atoms with E-state index >= 15 is 0 Å². The molecule has 0 aromatic heterocycles. The molecular weight excluding hydrogens is 324 g/mol. The first-order chi connectivity index (χ1) is 11.9. The maximum absolute atomic E-state index is 12.2. The summed E-state index contributed by atoms with van der Waals surface area (Å²) < 4.78 is 0. The Hall–Kier alpha value is -2.67. The monoisotopic (exact) mass is 344 g/mol. The number of β-lactam (4-membered cyclic amide) rings is 1. The van der Waals surface area contributed by atoms with Crippen molar-refractivity contribution in [2.24, 2.45) is 5.92 Å². The van der Waals surface area contributed by atoms with Gasteiger partial charge in [0.15, 0.2) is 0 Å². The second-order valence-electron chi connectivity index (χ2n) is 6.32. The lowest BCUT2D eigenvalue weighted by Gasteiger charge is -2.44. The van der Waals surface area contributed by atoms with Crippen molar-refractivity contribution in [2.45, 2.75) is 32.4 Å². The number of carboxylic acid groups (broad SMARTS) is 1. The third-order valence-corrected chi connectivity index (χ3v) is 4.76. The van der Waals surface area contributed by atoms with E-state index in [2.05, 4.69) is 5.32 Å². The van der Waals surface area contributed by atoms with E-state index in [1.54, 1.807) is 31.2 Å². The minimum atomic E-state index is -1.16. The highest BCUT2D eigenvalue weighted by Crippen LogP contribution is 2.46. The van der Waals surface area contributed by atoms with Crippen LogP contribution in [0.2, 0.25) is 0 Å². The van der Waals surface area contributed by atoms with E-state index in [9.17, 15) is 24.6 Å². The second kappa shape index (κ2) is 6.33. The van der Waals surface area contributed by atoms with Crippen LogP contribution in [0.4, 0.5) is 0 Å². The summed E-state index contributed by atoms with van der Waals surface area (Å²) in [6, 6.07) is 6.33. The number of hydrogen-bond acceptors (Lipinski definition) is 4. The second-order valence-corrected chi connectivity index (χ2v) is 6.32. The molecule has 1 saturated heterocycles. The number of aliphatic carboxylic acids is 1. The first-order valence-corrected chi connectivity index (χ1v) is 8.23. The van der Waals surface area contributed by atoms with Gasteiger partial charge in [-0.15, -0.1) is 0 Å². The maximum atomic E-state index is 12.2. The molecule has 7 nitrogen and oxygen atoms in total. The van der Waals surface area contributed by atoms with Crippen molar-refractivity contribution in [3.63, 3.8) is 0 Å². The fourth-order valence-electron chi connectivity index (χ4n) is 3.61. The van der Waals surface area contributed by atoms with Crippen LogP contribution in [0.5, 0.6) is 0 Å². The Balaban J connectivity index is 1.92. The molecule has 0 bridgehead atoms. The summed E-state index contributed by atoms with van der Waals surface area (Å²) in [5.41, 5.74) is 1.67. The van der Waals surface area contributed by atoms with Gasteiger partial charge in [0.2, 0.25) is 5.91 Å². The Morgan fingerprint density at radius 3 is 2.48 bits per heavy atom. The largest absolute Gasteiger partial charge is 0.477 e. The zero-order chi connectivity index (χ0) is 18.3. The predicted molar refractivity (Wildman–Crippen MR) is 89.4 cm³/mol. The average Bonchev–Trinajstić information content (AvgIpc) is 2.90. The number of carbonyl (C=O) groups is 3. The Bertz CT molecular complexity index is 766. The number of hydrogen-bond donors (Lipinski definition) is 3. The average molecular weight is 344 g/mol. The number of aliphatic hydroxyl groups is 1. The molecule has 1 aromatic carbocycles. The van der Waals surface area contributed by atoms with Crippen molar-refractivity contribution >= 4 is 23.4 Å². The molecule has 3 rings (SSSR count). The molecule has 25 heavy (non-hydrogen) atoms. The van der Waals surface area contributed by atoms with E-state index in [0.29, 0.717) is 29.7 Å². The van der Waals surface area contributed by atoms with Gasteiger partial charge < -0.3 is 20.4 Å². The molecule has 0 saturated carbocycles. The normalized spacial score (nSPS) is 23.2. The number of aliphatic hydroxyl groups excluding tert-OH is 1. The molecular formula is C18H20N2O5. The standard InChI is InChI=1S/C18H20N2O5/c1-3-19-16(22)11-6-4-10(5-7-11)12-8-13-14(9(2)21)17(23)20(13)15(12)18(24)25/h4-7,9,13-14,21H,3,8H2,1-2H3,(H,19,22)(H,24,25)/t9-,13-,14-/m1/s1. The number of amides is 2. The molecule has 2 aliphatic rings. The van der Waals surface area contributed by atoms with Crippen LogP contribution in [0.1, 0.15) is 36.2 Å². The summed E-state index contributed by atoms with van der Waals surface area (Å²) in [6.07, 6.45) is -0.438. The van der Waals surface area contributed by atoms with Gasteiger partial charge in [-0.25, -0.2) is 4.79 Å². The fraction of sp³-hybridized carbons (Fsp3) is 0.389. The third-order valence-electron chi connectivity index (χ3n) is 4.76. The van der Waals surface area contributed by atoms with Crippen molar-refractivity contribution in [3.05, 3.63) is 41.1 Å². The molecule has 2 heterocycles. The van der Waals surface area contributed by atoms with E-state index in [-0.39, 0.29) is 23.6 Å². The van der Waals surface area contributed by atoms with E-state index < -0.39 is 18.0 Å². The minimum Gasteiger partial charge on any atom is -0.477 e. The van der Waals surface area contributed by atoms with Crippen LogP contribution in [-0.2, 0) is 9.59 Å². The molecule has 0 unspecified atom stereocenters. The summed E-state index contributed by atoms with van der Waals surface area (Å²) in [6.45, 7) is 3.89. The molecule has 3 atom stereocenters. The first kappa shape index (κ1) is 17.2. The quantitative estimate of drug-likeness (QED) is 0.686. The van der Waals surface area contributed by atoms with E-state index in [4.69, 9.17) is 0 Å². The highest BCUT2D eigenvalue weighted by molar-refractivity contribution is 6.06. The van der Waals surface area contributed by atoms with Gasteiger partial charge in [-0.2, -0.15) is 0 Å². The minimum absolute atomic E-state index is 0.0299. The molecule has 7 heteroatoms. The Morgan fingerprint density at radius 1 is 1.32 bits per heavy atom. The highest BCUT2D eigenvalue weighted by Gasteiger charge is 2.56. The molecule has 2 amide bonds. The summed E-state index contributed by atoms with van der Waals surface area (Å²) in [4.78, 5) is 37.0. The number of benzene rings is 1. The Kier molecular flexibility index (Phi) is 4.34. The van der Waals surface area contributed by atoms with Crippen LogP contribution >= 0.6 is 0 Å². The summed E-state index contributed by atoms with van der Waals surface area (Å²) >= 11 is 0. The lowest BCUT2D eigenvalue weighted by atomic mass is 9.82. The number of carboxylic acids is 1. The molecule has 1 aromatic rings. The lowest BCUT2D eigenvalue weighted by Crippen LogP contribution is -2.61. The zero-order valence-corrected chi connectivity index (χ0v) is 14.0. The van der Waals surface area contributed by atoms with Gasteiger partial charge in [-0.1, -0.05) is 12.1 Å². The Morgan fingerprint density at radius 2 is 1.96 bits per heavy atom. The number of fused-ring (bicyclic) bond motifs is 1. The SMILES string of the molecule is CCNC(=O)c1ccc(C2=C(C(=O)O)N3C(=O)[C@H]([C@@H](C)O)[C@H]3C2)cc1. The van der Waals surface area contributed by atoms with Crippen LogP contribution in [0, 0.1) is 5.92 Å². The molecule has 0 aliphatic carbocycles. The third kappa shape index (κ3) is 2.70. The smallest absolute Gasteiger partial charge is 0.352 e. The number of carbonyl (C=O) groups excluding carboxylic acids is 2.